The quantitative estimate of drug-likeness (QED) is 0.177. The molecule has 0 bridgehead atoms. The Hall–Kier alpha value is -4.14. The van der Waals surface area contributed by atoms with Crippen molar-refractivity contribution in [2.24, 2.45) is 0 Å². The number of carbonyl (C=O) groups is 2. The lowest BCUT2D eigenvalue weighted by Gasteiger charge is -2.34. The maximum Gasteiger partial charge on any atom is 0.264 e. The molecule has 0 aromatic heterocycles. The predicted octanol–water partition coefficient (Wildman–Crippen LogP) is 6.63. The van der Waals surface area contributed by atoms with Crippen LogP contribution in [0.4, 0.5) is 5.69 Å². The largest absolute Gasteiger partial charge is 0.354 e. The SMILES string of the molecule is CCCNC(=O)[C@@H](Cc1ccccc1)N(Cc1ccc(Cl)cc1)C(=O)CN(c1cccc(C)c1C)S(=O)(=O)c1ccc(C)cc1. The Morgan fingerprint density at radius 2 is 1.49 bits per heavy atom. The zero-order chi connectivity index (χ0) is 32.6. The predicted molar refractivity (Wildman–Crippen MR) is 181 cm³/mol. The fourth-order valence-corrected chi connectivity index (χ4v) is 6.66. The third kappa shape index (κ3) is 8.53. The smallest absolute Gasteiger partial charge is 0.264 e. The van der Waals surface area contributed by atoms with Crippen molar-refractivity contribution in [2.45, 2.75) is 58.0 Å². The first-order chi connectivity index (χ1) is 21.5. The molecule has 0 aliphatic heterocycles. The van der Waals surface area contributed by atoms with Crippen molar-refractivity contribution in [1.82, 2.24) is 10.2 Å². The van der Waals surface area contributed by atoms with E-state index >= 15 is 0 Å². The van der Waals surface area contributed by atoms with Gasteiger partial charge in [-0.25, -0.2) is 8.42 Å². The molecule has 236 valence electrons. The second-order valence-corrected chi connectivity index (χ2v) is 13.5. The lowest BCUT2D eigenvalue weighted by molar-refractivity contribution is -0.140. The zero-order valence-electron chi connectivity index (χ0n) is 26.2. The molecule has 45 heavy (non-hydrogen) atoms. The fourth-order valence-electron chi connectivity index (χ4n) is 5.06. The minimum Gasteiger partial charge on any atom is -0.354 e. The highest BCUT2D eigenvalue weighted by atomic mass is 35.5. The van der Waals surface area contributed by atoms with E-state index < -0.39 is 28.5 Å². The average Bonchev–Trinajstić information content (AvgIpc) is 3.03. The molecule has 0 heterocycles. The number of aryl methyl sites for hydroxylation is 2. The zero-order valence-corrected chi connectivity index (χ0v) is 27.7. The van der Waals surface area contributed by atoms with Gasteiger partial charge in [0.25, 0.3) is 10.0 Å². The molecule has 0 fully saturated rings. The van der Waals surface area contributed by atoms with E-state index in [9.17, 15) is 18.0 Å². The lowest BCUT2D eigenvalue weighted by Crippen LogP contribution is -2.53. The summed E-state index contributed by atoms with van der Waals surface area (Å²) in [6, 6.07) is 27.6. The van der Waals surface area contributed by atoms with E-state index in [-0.39, 0.29) is 23.8 Å². The fraction of sp³-hybridized carbons (Fsp3) is 0.278. The second kappa shape index (κ2) is 15.2. The minimum absolute atomic E-state index is 0.0765. The third-order valence-electron chi connectivity index (χ3n) is 7.82. The van der Waals surface area contributed by atoms with Gasteiger partial charge in [0, 0.05) is 24.5 Å². The van der Waals surface area contributed by atoms with Crippen LogP contribution in [0.2, 0.25) is 5.02 Å². The van der Waals surface area contributed by atoms with Crippen LogP contribution in [0.25, 0.3) is 0 Å². The van der Waals surface area contributed by atoms with Gasteiger partial charge >= 0.3 is 0 Å². The summed E-state index contributed by atoms with van der Waals surface area (Å²) >= 11 is 6.15. The Kier molecular flexibility index (Phi) is 11.4. The highest BCUT2D eigenvalue weighted by molar-refractivity contribution is 7.92. The molecule has 0 saturated heterocycles. The Morgan fingerprint density at radius 1 is 0.822 bits per heavy atom. The van der Waals surface area contributed by atoms with Gasteiger partial charge in [0.2, 0.25) is 11.8 Å². The van der Waals surface area contributed by atoms with Crippen molar-refractivity contribution in [3.63, 3.8) is 0 Å². The summed E-state index contributed by atoms with van der Waals surface area (Å²) in [6.45, 7) is 7.61. The monoisotopic (exact) mass is 645 g/mol. The topological polar surface area (TPSA) is 86.8 Å². The molecule has 4 rings (SSSR count). The molecule has 0 spiro atoms. The van der Waals surface area contributed by atoms with Crippen LogP contribution in [0.1, 0.15) is 41.2 Å². The molecule has 1 N–H and O–H groups in total. The van der Waals surface area contributed by atoms with Crippen LogP contribution in [-0.2, 0) is 32.6 Å². The van der Waals surface area contributed by atoms with E-state index in [2.05, 4.69) is 5.32 Å². The molecular weight excluding hydrogens is 606 g/mol. The summed E-state index contributed by atoms with van der Waals surface area (Å²) in [7, 11) is -4.17. The van der Waals surface area contributed by atoms with Gasteiger partial charge in [-0.3, -0.25) is 13.9 Å². The van der Waals surface area contributed by atoms with Gasteiger partial charge in [-0.1, -0.05) is 90.8 Å². The summed E-state index contributed by atoms with van der Waals surface area (Å²) in [6.07, 6.45) is 0.980. The number of hydrogen-bond acceptors (Lipinski definition) is 4. The molecule has 7 nitrogen and oxygen atoms in total. The molecule has 0 aliphatic rings. The van der Waals surface area contributed by atoms with Crippen molar-refractivity contribution in [1.29, 1.82) is 0 Å². The maximum absolute atomic E-state index is 14.6. The highest BCUT2D eigenvalue weighted by Gasteiger charge is 2.35. The Bertz CT molecular complexity index is 1710. The molecule has 4 aromatic carbocycles. The summed E-state index contributed by atoms with van der Waals surface area (Å²) in [5, 5.41) is 3.50. The number of rotatable bonds is 13. The van der Waals surface area contributed by atoms with E-state index in [4.69, 9.17) is 11.6 Å². The Morgan fingerprint density at radius 3 is 2.13 bits per heavy atom. The Labute approximate surface area is 271 Å². The number of halogens is 1. The van der Waals surface area contributed by atoms with Crippen molar-refractivity contribution >= 4 is 39.1 Å². The standard InChI is InChI=1S/C36H40ClN3O4S/c1-5-22-38-36(42)34(23-29-11-7-6-8-12-29)39(24-30-16-18-31(37)19-17-30)35(41)25-40(33-13-9-10-27(3)28(33)4)45(43,44)32-20-14-26(2)15-21-32/h6-21,34H,5,22-25H2,1-4H3,(H,38,42)/t34-/m1/s1. The number of anilines is 1. The van der Waals surface area contributed by atoms with E-state index in [0.29, 0.717) is 17.3 Å². The van der Waals surface area contributed by atoms with Crippen LogP contribution >= 0.6 is 11.6 Å². The van der Waals surface area contributed by atoms with Crippen LogP contribution < -0.4 is 9.62 Å². The van der Waals surface area contributed by atoms with Crippen LogP contribution in [0, 0.1) is 20.8 Å². The van der Waals surface area contributed by atoms with E-state index in [0.717, 1.165) is 34.2 Å². The molecule has 0 unspecified atom stereocenters. The summed E-state index contributed by atoms with van der Waals surface area (Å²) in [5.41, 5.74) is 4.59. The van der Waals surface area contributed by atoms with Crippen LogP contribution in [0.3, 0.4) is 0 Å². The van der Waals surface area contributed by atoms with Crippen molar-refractivity contribution in [3.05, 3.63) is 130 Å². The number of benzene rings is 4. The van der Waals surface area contributed by atoms with Crippen LogP contribution in [0.15, 0.2) is 102 Å². The third-order valence-corrected chi connectivity index (χ3v) is 9.85. The molecular formula is C36H40ClN3O4S. The summed E-state index contributed by atoms with van der Waals surface area (Å²) < 4.78 is 29.7. The molecule has 0 aliphatic carbocycles. The molecule has 4 aromatic rings. The summed E-state index contributed by atoms with van der Waals surface area (Å²) in [5.74, 6) is -0.809. The van der Waals surface area contributed by atoms with E-state index in [1.807, 2.05) is 64.1 Å². The highest BCUT2D eigenvalue weighted by Crippen LogP contribution is 2.29. The minimum atomic E-state index is -4.17. The van der Waals surface area contributed by atoms with Crippen molar-refractivity contribution < 1.29 is 18.0 Å². The van der Waals surface area contributed by atoms with Crippen molar-refractivity contribution in [3.8, 4) is 0 Å². The van der Waals surface area contributed by atoms with Crippen LogP contribution in [-0.4, -0.2) is 44.3 Å². The molecule has 1 atom stereocenters. The first-order valence-corrected chi connectivity index (χ1v) is 16.8. The van der Waals surface area contributed by atoms with E-state index in [1.165, 1.54) is 9.21 Å². The maximum atomic E-state index is 14.6. The molecule has 2 amide bonds. The van der Waals surface area contributed by atoms with Crippen LogP contribution in [0.5, 0.6) is 0 Å². The number of nitrogens with zero attached hydrogens (tertiary/aromatic N) is 2. The second-order valence-electron chi connectivity index (χ2n) is 11.2. The number of carbonyl (C=O) groups excluding carboxylic acids is 2. The number of amides is 2. The molecule has 9 heteroatoms. The van der Waals surface area contributed by atoms with Gasteiger partial charge in [-0.05, 0) is 79.8 Å². The number of nitrogens with one attached hydrogen (secondary N) is 1. The number of sulfonamides is 1. The lowest BCUT2D eigenvalue weighted by atomic mass is 10.0. The van der Waals surface area contributed by atoms with Gasteiger partial charge in [0.1, 0.15) is 12.6 Å². The molecule has 0 radical (unpaired) electrons. The Balaban J connectivity index is 1.82. The van der Waals surface area contributed by atoms with Gasteiger partial charge in [-0.2, -0.15) is 0 Å². The number of hydrogen-bond donors (Lipinski definition) is 1. The molecule has 0 saturated carbocycles. The van der Waals surface area contributed by atoms with Gasteiger partial charge in [0.05, 0.1) is 10.6 Å². The normalized spacial score (nSPS) is 11.9. The van der Waals surface area contributed by atoms with Gasteiger partial charge in [-0.15, -0.1) is 0 Å². The summed E-state index contributed by atoms with van der Waals surface area (Å²) in [4.78, 5) is 29.9. The van der Waals surface area contributed by atoms with E-state index in [1.54, 1.807) is 60.7 Å². The van der Waals surface area contributed by atoms with Gasteiger partial charge in [0.15, 0.2) is 0 Å². The first-order valence-electron chi connectivity index (χ1n) is 15.0. The average molecular weight is 646 g/mol. The first kappa shape index (κ1) is 33.7. The van der Waals surface area contributed by atoms with Gasteiger partial charge < -0.3 is 10.2 Å². The van der Waals surface area contributed by atoms with Crippen molar-refractivity contribution in [2.75, 3.05) is 17.4 Å².